The van der Waals surface area contributed by atoms with E-state index in [1.165, 1.54) is 0 Å². The van der Waals surface area contributed by atoms with Gasteiger partial charge in [-0.05, 0) is 46.0 Å². The maximum atomic E-state index is 11.9. The van der Waals surface area contributed by atoms with Crippen LogP contribution in [0, 0.1) is 5.92 Å². The van der Waals surface area contributed by atoms with Crippen molar-refractivity contribution in [2.24, 2.45) is 5.92 Å². The van der Waals surface area contributed by atoms with Gasteiger partial charge >= 0.3 is 6.09 Å². The Labute approximate surface area is 110 Å². The lowest BCUT2D eigenvalue weighted by molar-refractivity contribution is 0.0141. The molecule has 1 atom stereocenters. The van der Waals surface area contributed by atoms with Crippen molar-refractivity contribution < 1.29 is 14.3 Å². The van der Waals surface area contributed by atoms with Crippen LogP contribution in [0.25, 0.3) is 0 Å². The predicted molar refractivity (Wildman–Crippen MR) is 69.5 cm³/mol. The van der Waals surface area contributed by atoms with Gasteiger partial charge in [-0.1, -0.05) is 6.92 Å². The Kier molecular flexibility index (Phi) is 3.58. The smallest absolute Gasteiger partial charge is 0.410 e. The lowest BCUT2D eigenvalue weighted by Crippen LogP contribution is -2.44. The maximum Gasteiger partial charge on any atom is 0.410 e. The molecule has 0 N–H and O–H groups in total. The van der Waals surface area contributed by atoms with Crippen LogP contribution in [0.15, 0.2) is 0 Å². The van der Waals surface area contributed by atoms with E-state index in [1.807, 2.05) is 25.7 Å². The standard InChI is InChI=1S/C14H25NO3/c1-5-14(10-17-14)11-6-8-15(9-7-11)12(16)18-13(2,3)4/h11H,5-10H2,1-4H3. The summed E-state index contributed by atoms with van der Waals surface area (Å²) in [5.41, 5.74) is -0.266. The summed E-state index contributed by atoms with van der Waals surface area (Å²) in [5.74, 6) is 0.612. The van der Waals surface area contributed by atoms with Gasteiger partial charge in [0.1, 0.15) is 5.60 Å². The number of nitrogens with zero attached hydrogens (tertiary/aromatic N) is 1. The summed E-state index contributed by atoms with van der Waals surface area (Å²) in [6.07, 6.45) is 2.98. The van der Waals surface area contributed by atoms with Crippen LogP contribution in [0.4, 0.5) is 4.79 Å². The molecule has 0 aromatic carbocycles. The highest BCUT2D eigenvalue weighted by Crippen LogP contribution is 2.43. The van der Waals surface area contributed by atoms with Crippen molar-refractivity contribution in [2.75, 3.05) is 19.7 Å². The van der Waals surface area contributed by atoms with Gasteiger partial charge in [0.2, 0.25) is 0 Å². The van der Waals surface area contributed by atoms with Gasteiger partial charge in [0, 0.05) is 13.1 Å². The maximum absolute atomic E-state index is 11.9. The predicted octanol–water partition coefficient (Wildman–Crippen LogP) is 2.81. The monoisotopic (exact) mass is 255 g/mol. The molecular weight excluding hydrogens is 230 g/mol. The number of piperidine rings is 1. The van der Waals surface area contributed by atoms with Crippen molar-refractivity contribution >= 4 is 6.09 Å². The first-order valence-corrected chi connectivity index (χ1v) is 6.98. The van der Waals surface area contributed by atoms with Gasteiger partial charge < -0.3 is 14.4 Å². The van der Waals surface area contributed by atoms with Gasteiger partial charge in [-0.2, -0.15) is 0 Å². The van der Waals surface area contributed by atoms with Crippen molar-refractivity contribution in [2.45, 2.75) is 58.2 Å². The number of likely N-dealkylation sites (tertiary alicyclic amines) is 1. The largest absolute Gasteiger partial charge is 0.444 e. The Morgan fingerprint density at radius 2 is 1.94 bits per heavy atom. The second-order valence-electron chi connectivity index (χ2n) is 6.45. The molecule has 2 saturated heterocycles. The molecule has 2 aliphatic rings. The first kappa shape index (κ1) is 13.7. The van der Waals surface area contributed by atoms with E-state index >= 15 is 0 Å². The van der Waals surface area contributed by atoms with Crippen LogP contribution in [-0.4, -0.2) is 41.9 Å². The van der Waals surface area contributed by atoms with Gasteiger partial charge in [0.05, 0.1) is 12.2 Å². The number of ether oxygens (including phenoxy) is 2. The second kappa shape index (κ2) is 4.72. The summed E-state index contributed by atoms with van der Waals surface area (Å²) in [6, 6.07) is 0. The van der Waals surface area contributed by atoms with Gasteiger partial charge in [-0.15, -0.1) is 0 Å². The highest BCUT2D eigenvalue weighted by atomic mass is 16.6. The number of hydrogen-bond donors (Lipinski definition) is 0. The molecule has 0 aliphatic carbocycles. The Morgan fingerprint density at radius 1 is 1.39 bits per heavy atom. The zero-order valence-corrected chi connectivity index (χ0v) is 12.0. The molecule has 2 rings (SSSR count). The van der Waals surface area contributed by atoms with Crippen molar-refractivity contribution in [3.8, 4) is 0 Å². The second-order valence-corrected chi connectivity index (χ2v) is 6.45. The molecule has 2 heterocycles. The highest BCUT2D eigenvalue weighted by molar-refractivity contribution is 5.68. The van der Waals surface area contributed by atoms with Crippen LogP contribution >= 0.6 is 0 Å². The zero-order chi connectivity index (χ0) is 13.4. The van der Waals surface area contributed by atoms with Gasteiger partial charge in [0.15, 0.2) is 0 Å². The Balaban J connectivity index is 1.82. The molecule has 4 heteroatoms. The molecule has 0 aromatic heterocycles. The minimum atomic E-state index is -0.405. The van der Waals surface area contributed by atoms with Crippen molar-refractivity contribution in [1.29, 1.82) is 0 Å². The van der Waals surface area contributed by atoms with Crippen LogP contribution in [-0.2, 0) is 9.47 Å². The third kappa shape index (κ3) is 2.97. The Bertz CT molecular complexity index is 309. The molecule has 18 heavy (non-hydrogen) atoms. The molecule has 104 valence electrons. The molecule has 1 amide bonds. The number of epoxide rings is 1. The van der Waals surface area contributed by atoms with E-state index < -0.39 is 5.60 Å². The Hall–Kier alpha value is -0.770. The number of carbonyl (C=O) groups excluding carboxylic acids is 1. The molecule has 4 nitrogen and oxygen atoms in total. The third-order valence-corrected chi connectivity index (χ3v) is 4.00. The summed E-state index contributed by atoms with van der Waals surface area (Å²) in [5, 5.41) is 0. The lowest BCUT2D eigenvalue weighted by atomic mass is 9.83. The molecule has 1 unspecified atom stereocenters. The minimum Gasteiger partial charge on any atom is -0.444 e. The van der Waals surface area contributed by atoms with Crippen molar-refractivity contribution in [1.82, 2.24) is 4.90 Å². The van der Waals surface area contributed by atoms with E-state index in [0.717, 1.165) is 39.0 Å². The van der Waals surface area contributed by atoms with Crippen LogP contribution in [0.1, 0.15) is 47.0 Å². The molecule has 0 bridgehead atoms. The summed E-state index contributed by atoms with van der Waals surface area (Å²) in [4.78, 5) is 13.8. The summed E-state index contributed by atoms with van der Waals surface area (Å²) in [7, 11) is 0. The van der Waals surface area contributed by atoms with Crippen LogP contribution in [0.3, 0.4) is 0 Å². The lowest BCUT2D eigenvalue weighted by Gasteiger charge is -2.35. The average molecular weight is 255 g/mol. The molecular formula is C14H25NO3. The third-order valence-electron chi connectivity index (χ3n) is 4.00. The Morgan fingerprint density at radius 3 is 2.33 bits per heavy atom. The molecule has 2 fully saturated rings. The molecule has 2 aliphatic heterocycles. The van der Waals surface area contributed by atoms with E-state index in [0.29, 0.717) is 5.92 Å². The first-order valence-electron chi connectivity index (χ1n) is 6.98. The van der Waals surface area contributed by atoms with Crippen molar-refractivity contribution in [3.05, 3.63) is 0 Å². The minimum absolute atomic E-state index is 0.139. The number of rotatable bonds is 2. The fourth-order valence-corrected chi connectivity index (χ4v) is 2.74. The molecule has 0 radical (unpaired) electrons. The summed E-state index contributed by atoms with van der Waals surface area (Å²) in [6.45, 7) is 10.4. The fraction of sp³-hybridized carbons (Fsp3) is 0.929. The van der Waals surface area contributed by atoms with E-state index in [4.69, 9.17) is 9.47 Å². The van der Waals surface area contributed by atoms with E-state index in [9.17, 15) is 4.79 Å². The van der Waals surface area contributed by atoms with Crippen LogP contribution < -0.4 is 0 Å². The number of carbonyl (C=O) groups is 1. The quantitative estimate of drug-likeness (QED) is 0.712. The normalized spacial score (nSPS) is 29.2. The molecule has 0 spiro atoms. The number of amides is 1. The van der Waals surface area contributed by atoms with E-state index in [2.05, 4.69) is 6.92 Å². The fourth-order valence-electron chi connectivity index (χ4n) is 2.74. The summed E-state index contributed by atoms with van der Waals surface area (Å²) < 4.78 is 11.0. The van der Waals surface area contributed by atoms with E-state index in [-0.39, 0.29) is 11.7 Å². The zero-order valence-electron chi connectivity index (χ0n) is 12.0. The first-order chi connectivity index (χ1) is 8.36. The molecule has 0 saturated carbocycles. The number of hydrogen-bond acceptors (Lipinski definition) is 3. The van der Waals surface area contributed by atoms with Crippen LogP contribution in [0.5, 0.6) is 0 Å². The van der Waals surface area contributed by atoms with Gasteiger partial charge in [-0.25, -0.2) is 4.79 Å². The van der Waals surface area contributed by atoms with Crippen molar-refractivity contribution in [3.63, 3.8) is 0 Å². The van der Waals surface area contributed by atoms with Crippen LogP contribution in [0.2, 0.25) is 0 Å². The van der Waals surface area contributed by atoms with E-state index in [1.54, 1.807) is 0 Å². The topological polar surface area (TPSA) is 42.1 Å². The highest BCUT2D eigenvalue weighted by Gasteiger charge is 2.50. The molecule has 0 aromatic rings. The summed E-state index contributed by atoms with van der Waals surface area (Å²) >= 11 is 0. The van der Waals surface area contributed by atoms with Gasteiger partial charge in [-0.3, -0.25) is 0 Å². The van der Waals surface area contributed by atoms with Gasteiger partial charge in [0.25, 0.3) is 0 Å². The SMILES string of the molecule is CCC1(C2CCN(C(=O)OC(C)(C)C)CC2)CO1. The average Bonchev–Trinajstić information content (AvgIpc) is 3.08.